The van der Waals surface area contributed by atoms with E-state index in [0.29, 0.717) is 22.0 Å². The Balaban J connectivity index is 2.06. The first kappa shape index (κ1) is 22.3. The van der Waals surface area contributed by atoms with Crippen molar-refractivity contribution >= 4 is 33.5 Å². The standard InChI is InChI=1S/C22H23BrClN3O3/c1-13(2)27-20(19(21(28)29)26-22(27)23)18(15-6-8-16(24)9-7-15)25-12-14-4-10-17(30-3)11-5-14/h4-11,13,18,25H,12H2,1-3H3,(H,28,29). The van der Waals surface area contributed by atoms with E-state index in [1.165, 1.54) is 0 Å². The zero-order valence-electron chi connectivity index (χ0n) is 16.9. The van der Waals surface area contributed by atoms with Crippen molar-refractivity contribution in [2.24, 2.45) is 0 Å². The van der Waals surface area contributed by atoms with E-state index >= 15 is 0 Å². The Morgan fingerprint density at radius 2 is 1.83 bits per heavy atom. The number of nitrogens with one attached hydrogen (secondary N) is 1. The minimum absolute atomic E-state index is 0.00700. The predicted octanol–water partition coefficient (Wildman–Crippen LogP) is 5.47. The molecule has 6 nitrogen and oxygen atoms in total. The number of halogens is 2. The molecular formula is C22H23BrClN3O3. The van der Waals surface area contributed by atoms with E-state index in [4.69, 9.17) is 16.3 Å². The van der Waals surface area contributed by atoms with Crippen molar-refractivity contribution < 1.29 is 14.6 Å². The van der Waals surface area contributed by atoms with Crippen LogP contribution in [0, 0.1) is 0 Å². The average Bonchev–Trinajstić information content (AvgIpc) is 3.07. The number of carbonyl (C=O) groups is 1. The van der Waals surface area contributed by atoms with Gasteiger partial charge >= 0.3 is 5.97 Å². The Morgan fingerprint density at radius 1 is 1.20 bits per heavy atom. The third kappa shape index (κ3) is 4.86. The maximum Gasteiger partial charge on any atom is 0.356 e. The summed E-state index contributed by atoms with van der Waals surface area (Å²) in [5.41, 5.74) is 2.53. The molecule has 8 heteroatoms. The highest BCUT2D eigenvalue weighted by Gasteiger charge is 2.29. The number of benzene rings is 2. The Labute approximate surface area is 189 Å². The van der Waals surface area contributed by atoms with Crippen LogP contribution in [0.1, 0.15) is 53.2 Å². The summed E-state index contributed by atoms with van der Waals surface area (Å²) in [6, 6.07) is 14.7. The third-order valence-electron chi connectivity index (χ3n) is 4.77. The predicted molar refractivity (Wildman–Crippen MR) is 120 cm³/mol. The van der Waals surface area contributed by atoms with Gasteiger partial charge in [0.05, 0.1) is 18.8 Å². The number of carboxylic acids is 1. The topological polar surface area (TPSA) is 76.4 Å². The first-order valence-electron chi connectivity index (χ1n) is 9.44. The molecule has 158 valence electrons. The number of ether oxygens (including phenoxy) is 1. The normalized spacial score (nSPS) is 12.2. The lowest BCUT2D eigenvalue weighted by molar-refractivity contribution is 0.0688. The lowest BCUT2D eigenvalue weighted by Crippen LogP contribution is -2.27. The fourth-order valence-corrected chi connectivity index (χ4v) is 4.24. The van der Waals surface area contributed by atoms with Gasteiger partial charge in [-0.05, 0) is 65.2 Å². The molecule has 0 amide bonds. The number of hydrogen-bond donors (Lipinski definition) is 2. The van der Waals surface area contributed by atoms with Gasteiger partial charge in [-0.15, -0.1) is 0 Å². The highest BCUT2D eigenvalue weighted by Crippen LogP contribution is 2.32. The summed E-state index contributed by atoms with van der Waals surface area (Å²) < 4.78 is 7.59. The molecule has 2 aromatic carbocycles. The molecule has 0 fully saturated rings. The second-order valence-electron chi connectivity index (χ2n) is 7.10. The Kier molecular flexibility index (Phi) is 7.18. The summed E-state index contributed by atoms with van der Waals surface area (Å²) in [5.74, 6) is -0.293. The zero-order chi connectivity index (χ0) is 21.8. The summed E-state index contributed by atoms with van der Waals surface area (Å²) in [7, 11) is 1.63. The van der Waals surface area contributed by atoms with Crippen molar-refractivity contribution in [1.82, 2.24) is 14.9 Å². The molecule has 1 unspecified atom stereocenters. The smallest absolute Gasteiger partial charge is 0.356 e. The van der Waals surface area contributed by atoms with Gasteiger partial charge in [0.15, 0.2) is 10.4 Å². The molecule has 1 aromatic heterocycles. The molecule has 0 saturated heterocycles. The summed E-state index contributed by atoms with van der Waals surface area (Å²) in [4.78, 5) is 16.3. The fraction of sp³-hybridized carbons (Fsp3) is 0.273. The Morgan fingerprint density at radius 3 is 2.37 bits per heavy atom. The fourth-order valence-electron chi connectivity index (χ4n) is 3.33. The van der Waals surface area contributed by atoms with Crippen LogP contribution in [0.3, 0.4) is 0 Å². The van der Waals surface area contributed by atoms with Gasteiger partial charge in [-0.25, -0.2) is 9.78 Å². The Hall–Kier alpha value is -2.35. The van der Waals surface area contributed by atoms with E-state index in [-0.39, 0.29) is 11.7 Å². The van der Waals surface area contributed by atoms with Gasteiger partial charge in [0.2, 0.25) is 0 Å². The average molecular weight is 493 g/mol. The van der Waals surface area contributed by atoms with Crippen molar-refractivity contribution in [1.29, 1.82) is 0 Å². The molecule has 0 bridgehead atoms. The van der Waals surface area contributed by atoms with E-state index < -0.39 is 12.0 Å². The molecular weight excluding hydrogens is 470 g/mol. The highest BCUT2D eigenvalue weighted by molar-refractivity contribution is 9.10. The molecule has 2 N–H and O–H groups in total. The van der Waals surface area contributed by atoms with E-state index in [0.717, 1.165) is 16.9 Å². The molecule has 0 saturated carbocycles. The molecule has 1 heterocycles. The number of imidazole rings is 1. The van der Waals surface area contributed by atoms with Crippen LogP contribution in [-0.4, -0.2) is 27.7 Å². The molecule has 0 spiro atoms. The number of rotatable bonds is 8. The molecule has 1 atom stereocenters. The van der Waals surface area contributed by atoms with Gasteiger partial charge in [-0.1, -0.05) is 35.9 Å². The van der Waals surface area contributed by atoms with E-state index in [1.54, 1.807) is 19.2 Å². The maximum absolute atomic E-state index is 12.0. The summed E-state index contributed by atoms with van der Waals surface area (Å²) >= 11 is 9.51. The van der Waals surface area contributed by atoms with Crippen LogP contribution in [0.25, 0.3) is 0 Å². The first-order chi connectivity index (χ1) is 14.3. The largest absolute Gasteiger partial charge is 0.497 e. The molecule has 30 heavy (non-hydrogen) atoms. The maximum atomic E-state index is 12.0. The zero-order valence-corrected chi connectivity index (χ0v) is 19.2. The lowest BCUT2D eigenvalue weighted by Gasteiger charge is -2.24. The van der Waals surface area contributed by atoms with Gasteiger partial charge in [0.1, 0.15) is 5.75 Å². The SMILES string of the molecule is COc1ccc(CNC(c2ccc(Cl)cc2)c2c(C(=O)O)nc(Br)n2C(C)C)cc1. The molecule has 0 aliphatic carbocycles. The number of nitrogens with zero attached hydrogens (tertiary/aromatic N) is 2. The summed E-state index contributed by atoms with van der Waals surface area (Å²) in [6.45, 7) is 4.51. The first-order valence-corrected chi connectivity index (χ1v) is 10.6. The molecule has 0 aliphatic rings. The van der Waals surface area contributed by atoms with Gasteiger partial charge < -0.3 is 19.7 Å². The van der Waals surface area contributed by atoms with E-state index in [1.807, 2.05) is 54.8 Å². The van der Waals surface area contributed by atoms with Gasteiger partial charge in [0.25, 0.3) is 0 Å². The molecule has 3 aromatic rings. The van der Waals surface area contributed by atoms with Gasteiger partial charge in [0, 0.05) is 17.6 Å². The minimum Gasteiger partial charge on any atom is -0.497 e. The summed E-state index contributed by atoms with van der Waals surface area (Å²) in [5, 5.41) is 13.9. The minimum atomic E-state index is -1.07. The van der Waals surface area contributed by atoms with Crippen molar-refractivity contribution in [3.8, 4) is 5.75 Å². The van der Waals surface area contributed by atoms with E-state index in [9.17, 15) is 9.90 Å². The molecule has 3 rings (SSSR count). The van der Waals surface area contributed by atoms with Crippen LogP contribution in [0.5, 0.6) is 5.75 Å². The van der Waals surface area contributed by atoms with Crippen LogP contribution in [-0.2, 0) is 6.54 Å². The number of carboxylic acid groups (broad SMARTS) is 1. The van der Waals surface area contributed by atoms with Crippen molar-refractivity contribution in [2.75, 3.05) is 7.11 Å². The monoisotopic (exact) mass is 491 g/mol. The van der Waals surface area contributed by atoms with Crippen LogP contribution >= 0.6 is 27.5 Å². The van der Waals surface area contributed by atoms with Crippen LogP contribution < -0.4 is 10.1 Å². The van der Waals surface area contributed by atoms with Gasteiger partial charge in [-0.2, -0.15) is 0 Å². The third-order valence-corrected chi connectivity index (χ3v) is 5.58. The quantitative estimate of drug-likeness (QED) is 0.436. The highest BCUT2D eigenvalue weighted by atomic mass is 79.9. The van der Waals surface area contributed by atoms with Crippen LogP contribution in [0.4, 0.5) is 0 Å². The van der Waals surface area contributed by atoms with E-state index in [2.05, 4.69) is 26.2 Å². The second kappa shape index (κ2) is 9.64. The summed E-state index contributed by atoms with van der Waals surface area (Å²) in [6.07, 6.45) is 0. The molecule has 0 radical (unpaired) electrons. The Bertz CT molecular complexity index is 1020. The van der Waals surface area contributed by atoms with Crippen molar-refractivity contribution in [2.45, 2.75) is 32.5 Å². The van der Waals surface area contributed by atoms with Gasteiger partial charge in [-0.3, -0.25) is 0 Å². The number of methoxy groups -OCH3 is 1. The lowest BCUT2D eigenvalue weighted by atomic mass is 10.0. The van der Waals surface area contributed by atoms with Crippen molar-refractivity contribution in [3.63, 3.8) is 0 Å². The van der Waals surface area contributed by atoms with Crippen LogP contribution in [0.2, 0.25) is 5.02 Å². The van der Waals surface area contributed by atoms with Crippen molar-refractivity contribution in [3.05, 3.63) is 80.8 Å². The second-order valence-corrected chi connectivity index (χ2v) is 8.24. The van der Waals surface area contributed by atoms with Crippen LogP contribution in [0.15, 0.2) is 53.3 Å². The number of aromatic carboxylic acids is 1. The number of aromatic nitrogens is 2. The molecule has 0 aliphatic heterocycles. The number of hydrogen-bond acceptors (Lipinski definition) is 4.